The van der Waals surface area contributed by atoms with Crippen molar-refractivity contribution in [2.75, 3.05) is 5.32 Å². The largest absolute Gasteiger partial charge is 0.478 e. The Balaban J connectivity index is 2.08. The van der Waals surface area contributed by atoms with E-state index in [1.165, 1.54) is 6.07 Å². The summed E-state index contributed by atoms with van der Waals surface area (Å²) in [7, 11) is 0. The number of carboxylic acid groups (broad SMARTS) is 1. The predicted octanol–water partition coefficient (Wildman–Crippen LogP) is 3.69. The smallest absolute Gasteiger partial charge is 0.337 e. The quantitative estimate of drug-likeness (QED) is 0.675. The molecule has 1 aromatic carbocycles. The molecule has 1 aliphatic carbocycles. The van der Waals surface area contributed by atoms with E-state index in [0.717, 1.165) is 22.8 Å². The molecule has 1 aliphatic rings. The maximum absolute atomic E-state index is 12.1. The highest BCUT2D eigenvalue weighted by Gasteiger charge is 2.35. The Morgan fingerprint density at radius 1 is 1.38 bits per heavy atom. The monoisotopic (exact) mass is 402 g/mol. The average molecular weight is 402 g/mol. The fourth-order valence-corrected chi connectivity index (χ4v) is 3.20. The van der Waals surface area contributed by atoms with Crippen molar-refractivity contribution in [3.05, 3.63) is 27.3 Å². The van der Waals surface area contributed by atoms with Crippen LogP contribution in [0.4, 0.5) is 10.5 Å². The molecule has 1 atom stereocenters. The normalized spacial score (nSPS) is 20.0. The van der Waals surface area contributed by atoms with Gasteiger partial charge >= 0.3 is 12.0 Å². The number of hydrogen-bond acceptors (Lipinski definition) is 2. The molecule has 0 spiro atoms. The van der Waals surface area contributed by atoms with E-state index in [9.17, 15) is 14.7 Å². The van der Waals surface area contributed by atoms with Crippen molar-refractivity contribution in [1.82, 2.24) is 5.32 Å². The molecule has 21 heavy (non-hydrogen) atoms. The Morgan fingerprint density at radius 2 is 2.10 bits per heavy atom. The summed E-state index contributed by atoms with van der Waals surface area (Å²) >= 11 is 2.04. The first-order valence-corrected chi connectivity index (χ1v) is 7.98. The van der Waals surface area contributed by atoms with Gasteiger partial charge in [-0.1, -0.05) is 20.3 Å². The first-order valence-electron chi connectivity index (χ1n) is 6.90. The Morgan fingerprint density at radius 3 is 2.67 bits per heavy atom. The van der Waals surface area contributed by atoms with Gasteiger partial charge < -0.3 is 15.7 Å². The van der Waals surface area contributed by atoms with Crippen molar-refractivity contribution in [2.24, 2.45) is 5.41 Å². The molecular formula is C15H19IN2O3. The second-order valence-corrected chi connectivity index (χ2v) is 7.27. The summed E-state index contributed by atoms with van der Waals surface area (Å²) in [6, 6.07) is 4.69. The van der Waals surface area contributed by atoms with Crippen LogP contribution < -0.4 is 10.6 Å². The fraction of sp³-hybridized carbons (Fsp3) is 0.467. The zero-order valence-electron chi connectivity index (χ0n) is 12.1. The van der Waals surface area contributed by atoms with Crippen LogP contribution in [0.5, 0.6) is 0 Å². The number of benzene rings is 1. The van der Waals surface area contributed by atoms with Crippen LogP contribution in [0.25, 0.3) is 0 Å². The highest BCUT2D eigenvalue weighted by molar-refractivity contribution is 14.1. The number of hydrogen-bond donors (Lipinski definition) is 3. The zero-order valence-corrected chi connectivity index (χ0v) is 14.2. The Kier molecular flexibility index (Phi) is 4.75. The van der Waals surface area contributed by atoms with E-state index in [1.54, 1.807) is 12.1 Å². The molecule has 0 saturated heterocycles. The minimum atomic E-state index is -1.05. The maximum Gasteiger partial charge on any atom is 0.337 e. The summed E-state index contributed by atoms with van der Waals surface area (Å²) in [5.41, 5.74) is 0.498. The lowest BCUT2D eigenvalue weighted by atomic mass is 9.87. The summed E-state index contributed by atoms with van der Waals surface area (Å²) in [6.45, 7) is 4.27. The van der Waals surface area contributed by atoms with Gasteiger partial charge in [0.25, 0.3) is 0 Å². The number of rotatable bonds is 3. The van der Waals surface area contributed by atoms with Gasteiger partial charge in [-0.2, -0.15) is 0 Å². The Bertz CT molecular complexity index is 572. The van der Waals surface area contributed by atoms with Crippen molar-refractivity contribution in [2.45, 2.75) is 39.2 Å². The molecule has 1 unspecified atom stereocenters. The van der Waals surface area contributed by atoms with Crippen molar-refractivity contribution >= 4 is 40.3 Å². The number of carbonyl (C=O) groups is 2. The highest BCUT2D eigenvalue weighted by atomic mass is 127. The molecule has 0 radical (unpaired) electrons. The minimum Gasteiger partial charge on any atom is -0.478 e. The molecule has 0 heterocycles. The van der Waals surface area contributed by atoms with Crippen molar-refractivity contribution in [3.63, 3.8) is 0 Å². The molecule has 1 saturated carbocycles. The van der Waals surface area contributed by atoms with Crippen LogP contribution in [0.3, 0.4) is 0 Å². The number of carboxylic acids is 1. The molecule has 114 valence electrons. The lowest BCUT2D eigenvalue weighted by molar-refractivity contribution is 0.0698. The van der Waals surface area contributed by atoms with Gasteiger partial charge in [0, 0.05) is 9.61 Å². The summed E-state index contributed by atoms with van der Waals surface area (Å²) < 4.78 is 0.813. The molecule has 0 bridgehead atoms. The van der Waals surface area contributed by atoms with Gasteiger partial charge in [-0.25, -0.2) is 9.59 Å². The number of aromatic carboxylic acids is 1. The van der Waals surface area contributed by atoms with Gasteiger partial charge in [0.15, 0.2) is 0 Å². The second kappa shape index (κ2) is 6.21. The molecule has 0 aromatic heterocycles. The topological polar surface area (TPSA) is 78.4 Å². The van der Waals surface area contributed by atoms with E-state index < -0.39 is 5.97 Å². The fourth-order valence-electron chi connectivity index (χ4n) is 2.71. The highest BCUT2D eigenvalue weighted by Crippen LogP contribution is 2.37. The van der Waals surface area contributed by atoms with E-state index in [4.69, 9.17) is 0 Å². The number of urea groups is 1. The third-order valence-electron chi connectivity index (χ3n) is 4.02. The van der Waals surface area contributed by atoms with E-state index in [-0.39, 0.29) is 23.1 Å². The molecule has 2 rings (SSSR count). The summed E-state index contributed by atoms with van der Waals surface area (Å²) in [4.78, 5) is 23.3. The van der Waals surface area contributed by atoms with Crippen LogP contribution in [-0.2, 0) is 0 Å². The van der Waals surface area contributed by atoms with E-state index in [2.05, 4.69) is 24.5 Å². The van der Waals surface area contributed by atoms with Gasteiger partial charge in [-0.3, -0.25) is 0 Å². The van der Waals surface area contributed by atoms with Crippen LogP contribution in [0, 0.1) is 8.99 Å². The van der Waals surface area contributed by atoms with Crippen molar-refractivity contribution in [3.8, 4) is 0 Å². The van der Waals surface area contributed by atoms with Crippen molar-refractivity contribution < 1.29 is 14.7 Å². The number of amides is 2. The van der Waals surface area contributed by atoms with Crippen molar-refractivity contribution in [1.29, 1.82) is 0 Å². The van der Waals surface area contributed by atoms with Crippen LogP contribution >= 0.6 is 22.6 Å². The van der Waals surface area contributed by atoms with Gasteiger partial charge in [0.1, 0.15) is 0 Å². The Hall–Kier alpha value is -1.31. The molecule has 0 aliphatic heterocycles. The molecule has 6 heteroatoms. The molecule has 3 N–H and O–H groups in total. The predicted molar refractivity (Wildman–Crippen MR) is 89.7 cm³/mol. The first-order chi connectivity index (χ1) is 9.79. The van der Waals surface area contributed by atoms with Crippen LogP contribution in [0.15, 0.2) is 18.2 Å². The number of nitrogens with one attached hydrogen (secondary N) is 2. The third kappa shape index (κ3) is 3.87. The van der Waals surface area contributed by atoms with Gasteiger partial charge in [-0.15, -0.1) is 0 Å². The van der Waals surface area contributed by atoms with Gasteiger partial charge in [0.05, 0.1) is 11.3 Å². The van der Waals surface area contributed by atoms with Gasteiger partial charge in [-0.05, 0) is 59.0 Å². The standard InChI is InChI=1S/C15H19IN2O3/c1-15(2)7-3-4-12(15)18-14(21)17-11-6-5-9(16)8-10(11)13(19)20/h5-6,8,12H,3-4,7H2,1-2H3,(H,19,20)(H2,17,18,21). The average Bonchev–Trinajstić information content (AvgIpc) is 2.70. The first kappa shape index (κ1) is 16.1. The van der Waals surface area contributed by atoms with E-state index >= 15 is 0 Å². The second-order valence-electron chi connectivity index (χ2n) is 6.03. The summed E-state index contributed by atoms with van der Waals surface area (Å²) in [5, 5.41) is 14.8. The SMILES string of the molecule is CC1(C)CCCC1NC(=O)Nc1ccc(I)cc1C(=O)O. The van der Waals surface area contributed by atoms with Crippen LogP contribution in [-0.4, -0.2) is 23.1 Å². The molecular weight excluding hydrogens is 383 g/mol. The number of halogens is 1. The summed E-state index contributed by atoms with van der Waals surface area (Å²) in [5.74, 6) is -1.05. The molecule has 1 fully saturated rings. The number of carbonyl (C=O) groups excluding carboxylic acids is 1. The van der Waals surface area contributed by atoms with Crippen LogP contribution in [0.2, 0.25) is 0 Å². The molecule has 2 amide bonds. The lowest BCUT2D eigenvalue weighted by Gasteiger charge is -2.27. The van der Waals surface area contributed by atoms with Gasteiger partial charge in [0.2, 0.25) is 0 Å². The minimum absolute atomic E-state index is 0.0824. The molecule has 1 aromatic rings. The number of anilines is 1. The Labute approximate surface area is 137 Å². The summed E-state index contributed by atoms with van der Waals surface area (Å²) in [6.07, 6.45) is 3.14. The van der Waals surface area contributed by atoms with Crippen LogP contribution in [0.1, 0.15) is 43.5 Å². The third-order valence-corrected chi connectivity index (χ3v) is 4.69. The van der Waals surface area contributed by atoms with E-state index in [0.29, 0.717) is 5.69 Å². The lowest BCUT2D eigenvalue weighted by Crippen LogP contribution is -2.43. The molecule has 5 nitrogen and oxygen atoms in total. The zero-order chi connectivity index (χ0) is 15.6. The maximum atomic E-state index is 12.1. The van der Waals surface area contributed by atoms with E-state index in [1.807, 2.05) is 22.6 Å².